The number of rotatable bonds is 6. The van der Waals surface area contributed by atoms with Crippen molar-refractivity contribution < 1.29 is 10.2 Å². The van der Waals surface area contributed by atoms with Crippen molar-refractivity contribution >= 4 is 5.69 Å². The van der Waals surface area contributed by atoms with Crippen LogP contribution in [0.1, 0.15) is 56.3 Å². The van der Waals surface area contributed by atoms with Crippen LogP contribution in [0.15, 0.2) is 12.1 Å². The molecule has 3 nitrogen and oxygen atoms in total. The van der Waals surface area contributed by atoms with Crippen LogP contribution in [-0.4, -0.2) is 10.2 Å². The number of nitrogens with two attached hydrogens (primary N) is 1. The van der Waals surface area contributed by atoms with Crippen molar-refractivity contribution in [1.29, 1.82) is 0 Å². The van der Waals surface area contributed by atoms with E-state index in [0.717, 1.165) is 18.4 Å². The van der Waals surface area contributed by atoms with Crippen LogP contribution in [0.25, 0.3) is 0 Å². The van der Waals surface area contributed by atoms with Gasteiger partial charge in [-0.15, -0.1) is 0 Å². The number of aromatic hydroxyl groups is 1. The van der Waals surface area contributed by atoms with Crippen molar-refractivity contribution in [3.63, 3.8) is 0 Å². The Balaban J connectivity index is 2.65. The van der Waals surface area contributed by atoms with Crippen LogP contribution in [0.4, 0.5) is 5.69 Å². The fourth-order valence-corrected chi connectivity index (χ4v) is 2.01. The van der Waals surface area contributed by atoms with Crippen LogP contribution in [0.2, 0.25) is 0 Å². The van der Waals surface area contributed by atoms with Gasteiger partial charge in [0, 0.05) is 5.56 Å². The fraction of sp³-hybridized carbons (Fsp3) is 0.571. The zero-order valence-electron chi connectivity index (χ0n) is 10.7. The Morgan fingerprint density at radius 3 is 2.59 bits per heavy atom. The number of aryl methyl sites for hydroxylation is 1. The van der Waals surface area contributed by atoms with Gasteiger partial charge in [-0.25, -0.2) is 0 Å². The van der Waals surface area contributed by atoms with Gasteiger partial charge in [0.1, 0.15) is 5.75 Å². The lowest BCUT2D eigenvalue weighted by molar-refractivity contribution is 0.160. The summed E-state index contributed by atoms with van der Waals surface area (Å²) in [6, 6.07) is 3.51. The van der Waals surface area contributed by atoms with Crippen molar-refractivity contribution in [3.8, 4) is 5.75 Å². The van der Waals surface area contributed by atoms with E-state index in [-0.39, 0.29) is 5.75 Å². The Bertz CT molecular complexity index is 363. The zero-order valence-corrected chi connectivity index (χ0v) is 10.7. The van der Waals surface area contributed by atoms with Crippen LogP contribution in [0.3, 0.4) is 0 Å². The number of hydrogen-bond donors (Lipinski definition) is 3. The molecule has 0 amide bonds. The first-order valence-electron chi connectivity index (χ1n) is 6.33. The van der Waals surface area contributed by atoms with Crippen molar-refractivity contribution in [2.45, 2.75) is 52.1 Å². The van der Waals surface area contributed by atoms with E-state index in [2.05, 4.69) is 6.92 Å². The van der Waals surface area contributed by atoms with Gasteiger partial charge in [-0.2, -0.15) is 0 Å². The molecular weight excluding hydrogens is 214 g/mol. The molecule has 0 aliphatic carbocycles. The molecule has 0 spiro atoms. The summed E-state index contributed by atoms with van der Waals surface area (Å²) in [5, 5.41) is 19.8. The molecule has 0 fully saturated rings. The molecule has 3 heteroatoms. The highest BCUT2D eigenvalue weighted by molar-refractivity contribution is 5.58. The van der Waals surface area contributed by atoms with Crippen molar-refractivity contribution in [3.05, 3.63) is 23.3 Å². The van der Waals surface area contributed by atoms with Gasteiger partial charge in [0.2, 0.25) is 0 Å². The molecule has 1 aromatic rings. The fourth-order valence-electron chi connectivity index (χ4n) is 2.01. The minimum atomic E-state index is -0.617. The zero-order chi connectivity index (χ0) is 12.8. The van der Waals surface area contributed by atoms with Gasteiger partial charge < -0.3 is 15.9 Å². The van der Waals surface area contributed by atoms with Crippen LogP contribution in [0, 0.1) is 6.92 Å². The summed E-state index contributed by atoms with van der Waals surface area (Å²) in [4.78, 5) is 0. The minimum Gasteiger partial charge on any atom is -0.505 e. The van der Waals surface area contributed by atoms with Gasteiger partial charge in [0.25, 0.3) is 0 Å². The first kappa shape index (κ1) is 13.8. The van der Waals surface area contributed by atoms with Crippen LogP contribution >= 0.6 is 0 Å². The van der Waals surface area contributed by atoms with Crippen molar-refractivity contribution in [2.75, 3.05) is 5.73 Å². The molecule has 0 aromatic heterocycles. The van der Waals surface area contributed by atoms with Gasteiger partial charge >= 0.3 is 0 Å². The lowest BCUT2D eigenvalue weighted by Gasteiger charge is -2.14. The summed E-state index contributed by atoms with van der Waals surface area (Å²) in [7, 11) is 0. The quantitative estimate of drug-likeness (QED) is 0.404. The number of hydrogen-bond acceptors (Lipinski definition) is 3. The molecule has 0 aliphatic heterocycles. The molecule has 0 heterocycles. The first-order chi connectivity index (χ1) is 8.06. The van der Waals surface area contributed by atoms with Crippen LogP contribution < -0.4 is 5.73 Å². The summed E-state index contributed by atoms with van der Waals surface area (Å²) in [5.74, 6) is 0.0265. The summed E-state index contributed by atoms with van der Waals surface area (Å²) in [6.07, 6.45) is 4.52. The average Bonchev–Trinajstić information content (AvgIpc) is 2.29. The van der Waals surface area contributed by atoms with Crippen LogP contribution in [0.5, 0.6) is 5.75 Å². The maximum absolute atomic E-state index is 10.0. The van der Waals surface area contributed by atoms with E-state index >= 15 is 0 Å². The SMILES string of the molecule is CCCCCCC(O)c1cc(C)cc(N)c1O. The van der Waals surface area contributed by atoms with E-state index < -0.39 is 6.10 Å². The van der Waals surface area contributed by atoms with Gasteiger partial charge in [-0.3, -0.25) is 0 Å². The van der Waals surface area contributed by atoms with Crippen molar-refractivity contribution in [1.82, 2.24) is 0 Å². The minimum absolute atomic E-state index is 0.0265. The maximum Gasteiger partial charge on any atom is 0.144 e. The number of aliphatic hydroxyl groups is 1. The molecular formula is C14H23NO2. The second-order valence-corrected chi connectivity index (χ2v) is 4.66. The van der Waals surface area contributed by atoms with E-state index in [9.17, 15) is 10.2 Å². The number of aliphatic hydroxyl groups excluding tert-OH is 1. The number of unbranched alkanes of at least 4 members (excludes halogenated alkanes) is 3. The molecule has 0 bridgehead atoms. The summed E-state index contributed by atoms with van der Waals surface area (Å²) in [5.41, 5.74) is 7.53. The molecule has 0 radical (unpaired) electrons. The number of nitrogen functional groups attached to an aromatic ring is 1. The second-order valence-electron chi connectivity index (χ2n) is 4.66. The molecule has 1 unspecified atom stereocenters. The summed E-state index contributed by atoms with van der Waals surface area (Å²) >= 11 is 0. The van der Waals surface area contributed by atoms with E-state index in [1.807, 2.05) is 6.92 Å². The number of benzene rings is 1. The lowest BCUT2D eigenvalue weighted by atomic mass is 9.99. The van der Waals surface area contributed by atoms with Gasteiger partial charge in [0.15, 0.2) is 0 Å². The standard InChI is InChI=1S/C14H23NO2/c1-3-4-5-6-7-13(16)11-8-10(2)9-12(15)14(11)17/h8-9,13,16-17H,3-7,15H2,1-2H3. The number of anilines is 1. The highest BCUT2D eigenvalue weighted by atomic mass is 16.3. The van der Waals surface area contributed by atoms with Gasteiger partial charge in [0.05, 0.1) is 11.8 Å². The molecule has 1 aromatic carbocycles. The molecule has 0 saturated carbocycles. The third kappa shape index (κ3) is 3.93. The second kappa shape index (κ2) is 6.50. The molecule has 1 atom stereocenters. The predicted octanol–water partition coefficient (Wildman–Crippen LogP) is 3.29. The van der Waals surface area contributed by atoms with Crippen molar-refractivity contribution in [2.24, 2.45) is 0 Å². The van der Waals surface area contributed by atoms with E-state index in [4.69, 9.17) is 5.73 Å². The summed E-state index contributed by atoms with van der Waals surface area (Å²) < 4.78 is 0. The Labute approximate surface area is 103 Å². The van der Waals surface area contributed by atoms with Crippen LogP contribution in [-0.2, 0) is 0 Å². The molecule has 0 saturated heterocycles. The first-order valence-corrected chi connectivity index (χ1v) is 6.33. The van der Waals surface area contributed by atoms with Gasteiger partial charge in [-0.05, 0) is 31.0 Å². The summed E-state index contributed by atoms with van der Waals surface area (Å²) in [6.45, 7) is 4.06. The van der Waals surface area contributed by atoms with E-state index in [1.165, 1.54) is 12.8 Å². The molecule has 1 rings (SSSR count). The molecule has 17 heavy (non-hydrogen) atoms. The number of phenols is 1. The molecule has 0 aliphatic rings. The largest absolute Gasteiger partial charge is 0.505 e. The Hall–Kier alpha value is -1.22. The Morgan fingerprint density at radius 2 is 1.94 bits per heavy atom. The Kier molecular flexibility index (Phi) is 5.29. The third-order valence-corrected chi connectivity index (χ3v) is 3.00. The third-order valence-electron chi connectivity index (χ3n) is 3.00. The maximum atomic E-state index is 10.0. The normalized spacial score (nSPS) is 12.6. The van der Waals surface area contributed by atoms with E-state index in [1.54, 1.807) is 12.1 Å². The average molecular weight is 237 g/mol. The topological polar surface area (TPSA) is 66.5 Å². The smallest absolute Gasteiger partial charge is 0.144 e. The molecule has 96 valence electrons. The van der Waals surface area contributed by atoms with E-state index in [0.29, 0.717) is 17.7 Å². The highest BCUT2D eigenvalue weighted by Crippen LogP contribution is 2.33. The predicted molar refractivity (Wildman–Crippen MR) is 71.0 cm³/mol. The monoisotopic (exact) mass is 237 g/mol. The Morgan fingerprint density at radius 1 is 1.24 bits per heavy atom. The highest BCUT2D eigenvalue weighted by Gasteiger charge is 2.14. The van der Waals surface area contributed by atoms with Gasteiger partial charge in [-0.1, -0.05) is 32.6 Å². The number of phenolic OH excluding ortho intramolecular Hbond substituents is 1. The lowest BCUT2D eigenvalue weighted by Crippen LogP contribution is -2.01. The molecule has 4 N–H and O–H groups in total.